The van der Waals surface area contributed by atoms with Crippen molar-refractivity contribution in [1.82, 2.24) is 10.2 Å². The van der Waals surface area contributed by atoms with Crippen molar-refractivity contribution in [2.24, 2.45) is 5.92 Å². The van der Waals surface area contributed by atoms with Gasteiger partial charge in [0.05, 0.1) is 0 Å². The fourth-order valence-corrected chi connectivity index (χ4v) is 2.09. The maximum atomic E-state index is 3.50. The summed E-state index contributed by atoms with van der Waals surface area (Å²) in [6.07, 6.45) is 4.01. The highest BCUT2D eigenvalue weighted by Gasteiger charge is 2.19. The van der Waals surface area contributed by atoms with Crippen LogP contribution in [0.5, 0.6) is 0 Å². The lowest BCUT2D eigenvalue weighted by molar-refractivity contribution is 0.145. The van der Waals surface area contributed by atoms with Gasteiger partial charge in [-0.2, -0.15) is 0 Å². The molecule has 2 heteroatoms. The molecule has 1 saturated heterocycles. The highest BCUT2D eigenvalue weighted by Crippen LogP contribution is 2.17. The van der Waals surface area contributed by atoms with Crippen LogP contribution >= 0.6 is 0 Å². The average molecular weight is 198 g/mol. The second-order valence-electron chi connectivity index (χ2n) is 4.77. The lowest BCUT2D eigenvalue weighted by Crippen LogP contribution is -2.44. The Kier molecular flexibility index (Phi) is 5.49. The van der Waals surface area contributed by atoms with Crippen LogP contribution in [0.3, 0.4) is 0 Å². The summed E-state index contributed by atoms with van der Waals surface area (Å²) in [5, 5.41) is 3.50. The van der Waals surface area contributed by atoms with Crippen LogP contribution in [0, 0.1) is 5.92 Å². The molecular weight excluding hydrogens is 172 g/mol. The summed E-state index contributed by atoms with van der Waals surface area (Å²) >= 11 is 0. The van der Waals surface area contributed by atoms with Crippen molar-refractivity contribution in [3.63, 3.8) is 0 Å². The van der Waals surface area contributed by atoms with Crippen molar-refractivity contribution in [1.29, 1.82) is 0 Å². The lowest BCUT2D eigenvalue weighted by Gasteiger charge is -2.35. The maximum Gasteiger partial charge on any atom is 0.0192 e. The molecule has 14 heavy (non-hydrogen) atoms. The number of nitrogens with zero attached hydrogens (tertiary/aromatic N) is 1. The first-order valence-electron chi connectivity index (χ1n) is 6.18. The molecule has 1 aliphatic rings. The standard InChI is InChI=1S/C12H26N2/c1-4-7-13-10-12(3)14-8-5-11(2)6-9-14/h11-13H,4-10H2,1-3H3. The normalized spacial score (nSPS) is 22.5. The van der Waals surface area contributed by atoms with Gasteiger partial charge in [-0.25, -0.2) is 0 Å². The van der Waals surface area contributed by atoms with E-state index in [-0.39, 0.29) is 0 Å². The highest BCUT2D eigenvalue weighted by atomic mass is 15.2. The molecule has 1 N–H and O–H groups in total. The van der Waals surface area contributed by atoms with E-state index in [0.717, 1.165) is 19.0 Å². The summed E-state index contributed by atoms with van der Waals surface area (Å²) < 4.78 is 0. The van der Waals surface area contributed by atoms with E-state index in [1.165, 1.54) is 32.4 Å². The van der Waals surface area contributed by atoms with Gasteiger partial charge in [0.2, 0.25) is 0 Å². The summed E-state index contributed by atoms with van der Waals surface area (Å²) in [6, 6.07) is 0.717. The molecule has 84 valence electrons. The second-order valence-corrected chi connectivity index (χ2v) is 4.77. The molecule has 0 aliphatic carbocycles. The molecule has 2 nitrogen and oxygen atoms in total. The van der Waals surface area contributed by atoms with E-state index in [2.05, 4.69) is 31.0 Å². The monoisotopic (exact) mass is 198 g/mol. The van der Waals surface area contributed by atoms with Crippen LogP contribution in [-0.4, -0.2) is 37.1 Å². The third kappa shape index (κ3) is 3.97. The Morgan fingerprint density at radius 3 is 2.57 bits per heavy atom. The topological polar surface area (TPSA) is 15.3 Å². The van der Waals surface area contributed by atoms with Crippen molar-refractivity contribution in [2.45, 2.75) is 46.1 Å². The number of rotatable bonds is 5. The van der Waals surface area contributed by atoms with Crippen molar-refractivity contribution in [3.8, 4) is 0 Å². The third-order valence-corrected chi connectivity index (χ3v) is 3.31. The smallest absolute Gasteiger partial charge is 0.0192 e. The molecule has 0 radical (unpaired) electrons. The zero-order valence-electron chi connectivity index (χ0n) is 10.1. The van der Waals surface area contributed by atoms with Gasteiger partial charge in [0.1, 0.15) is 0 Å². The fraction of sp³-hybridized carbons (Fsp3) is 1.00. The fourth-order valence-electron chi connectivity index (χ4n) is 2.09. The van der Waals surface area contributed by atoms with E-state index in [0.29, 0.717) is 6.04 Å². The summed E-state index contributed by atoms with van der Waals surface area (Å²) in [4.78, 5) is 2.63. The van der Waals surface area contributed by atoms with E-state index >= 15 is 0 Å². The number of piperidine rings is 1. The molecular formula is C12H26N2. The largest absolute Gasteiger partial charge is 0.315 e. The first kappa shape index (κ1) is 12.0. The van der Waals surface area contributed by atoms with E-state index < -0.39 is 0 Å². The molecule has 1 heterocycles. The highest BCUT2D eigenvalue weighted by molar-refractivity contribution is 4.75. The minimum atomic E-state index is 0.717. The molecule has 0 aromatic heterocycles. The molecule has 1 rings (SSSR count). The minimum Gasteiger partial charge on any atom is -0.315 e. The van der Waals surface area contributed by atoms with Gasteiger partial charge in [-0.05, 0) is 51.7 Å². The number of hydrogen-bond acceptors (Lipinski definition) is 2. The predicted octanol–water partition coefficient (Wildman–Crippen LogP) is 2.11. The van der Waals surface area contributed by atoms with Crippen molar-refractivity contribution >= 4 is 0 Å². The molecule has 0 bridgehead atoms. The Hall–Kier alpha value is -0.0800. The summed E-state index contributed by atoms with van der Waals surface area (Å²) in [5.41, 5.74) is 0. The number of nitrogens with one attached hydrogen (secondary N) is 1. The van der Waals surface area contributed by atoms with Gasteiger partial charge in [-0.15, -0.1) is 0 Å². The molecule has 0 amide bonds. The Bertz CT molecular complexity index is 139. The van der Waals surface area contributed by atoms with Crippen LogP contribution in [0.1, 0.15) is 40.0 Å². The Morgan fingerprint density at radius 2 is 2.00 bits per heavy atom. The second kappa shape index (κ2) is 6.41. The van der Waals surface area contributed by atoms with Gasteiger partial charge in [0.15, 0.2) is 0 Å². The average Bonchev–Trinajstić information content (AvgIpc) is 2.19. The molecule has 0 spiro atoms. The Labute approximate surface area is 89.1 Å². The van der Waals surface area contributed by atoms with Crippen LogP contribution in [-0.2, 0) is 0 Å². The first-order chi connectivity index (χ1) is 6.74. The minimum absolute atomic E-state index is 0.717. The van der Waals surface area contributed by atoms with Gasteiger partial charge in [0, 0.05) is 12.6 Å². The molecule has 1 unspecified atom stereocenters. The molecule has 1 aliphatic heterocycles. The van der Waals surface area contributed by atoms with Gasteiger partial charge < -0.3 is 5.32 Å². The number of hydrogen-bond donors (Lipinski definition) is 1. The maximum absolute atomic E-state index is 3.50. The van der Waals surface area contributed by atoms with Gasteiger partial charge >= 0.3 is 0 Å². The van der Waals surface area contributed by atoms with Crippen LogP contribution in [0.4, 0.5) is 0 Å². The molecule has 1 fully saturated rings. The van der Waals surface area contributed by atoms with Crippen LogP contribution < -0.4 is 5.32 Å². The van der Waals surface area contributed by atoms with Gasteiger partial charge in [0.25, 0.3) is 0 Å². The molecule has 0 aromatic rings. The van der Waals surface area contributed by atoms with Crippen LogP contribution in [0.15, 0.2) is 0 Å². The Balaban J connectivity index is 2.13. The lowest BCUT2D eigenvalue weighted by atomic mass is 9.98. The SMILES string of the molecule is CCCNCC(C)N1CCC(C)CC1. The van der Waals surface area contributed by atoms with Gasteiger partial charge in [-0.1, -0.05) is 13.8 Å². The molecule has 1 atom stereocenters. The number of likely N-dealkylation sites (tertiary alicyclic amines) is 1. The zero-order chi connectivity index (χ0) is 10.4. The molecule has 0 saturated carbocycles. The summed E-state index contributed by atoms with van der Waals surface area (Å²) in [5.74, 6) is 0.946. The van der Waals surface area contributed by atoms with Crippen molar-refractivity contribution in [3.05, 3.63) is 0 Å². The van der Waals surface area contributed by atoms with E-state index in [9.17, 15) is 0 Å². The van der Waals surface area contributed by atoms with E-state index in [4.69, 9.17) is 0 Å². The Morgan fingerprint density at radius 1 is 1.36 bits per heavy atom. The van der Waals surface area contributed by atoms with Crippen LogP contribution in [0.25, 0.3) is 0 Å². The quantitative estimate of drug-likeness (QED) is 0.681. The van der Waals surface area contributed by atoms with Crippen molar-refractivity contribution < 1.29 is 0 Å². The van der Waals surface area contributed by atoms with E-state index in [1.54, 1.807) is 0 Å². The van der Waals surface area contributed by atoms with Crippen LogP contribution in [0.2, 0.25) is 0 Å². The molecule has 0 aromatic carbocycles. The first-order valence-corrected chi connectivity index (χ1v) is 6.18. The summed E-state index contributed by atoms with van der Waals surface area (Å²) in [6.45, 7) is 11.9. The van der Waals surface area contributed by atoms with Gasteiger partial charge in [-0.3, -0.25) is 4.90 Å². The van der Waals surface area contributed by atoms with Crippen molar-refractivity contribution in [2.75, 3.05) is 26.2 Å². The third-order valence-electron chi connectivity index (χ3n) is 3.31. The predicted molar refractivity (Wildman–Crippen MR) is 62.6 cm³/mol. The van der Waals surface area contributed by atoms with E-state index in [1.807, 2.05) is 0 Å². The summed E-state index contributed by atoms with van der Waals surface area (Å²) in [7, 11) is 0. The zero-order valence-corrected chi connectivity index (χ0v) is 10.1.